The highest BCUT2D eigenvalue weighted by atomic mass is 16.5. The van der Waals surface area contributed by atoms with Crippen molar-refractivity contribution in [3.8, 4) is 5.75 Å². The molecular formula is C16H27NO. The van der Waals surface area contributed by atoms with Crippen LogP contribution in [0.3, 0.4) is 0 Å². The van der Waals surface area contributed by atoms with Crippen molar-refractivity contribution >= 4 is 0 Å². The Morgan fingerprint density at radius 3 is 2.39 bits per heavy atom. The van der Waals surface area contributed by atoms with Gasteiger partial charge in [0.1, 0.15) is 12.4 Å². The molecule has 1 aromatic rings. The minimum Gasteiger partial charge on any atom is -0.492 e. The molecule has 0 spiro atoms. The van der Waals surface area contributed by atoms with E-state index in [-0.39, 0.29) is 5.41 Å². The van der Waals surface area contributed by atoms with E-state index < -0.39 is 0 Å². The quantitative estimate of drug-likeness (QED) is 0.804. The third kappa shape index (κ3) is 4.69. The van der Waals surface area contributed by atoms with E-state index in [4.69, 9.17) is 4.74 Å². The summed E-state index contributed by atoms with van der Waals surface area (Å²) < 4.78 is 5.79. The van der Waals surface area contributed by atoms with E-state index in [2.05, 4.69) is 65.1 Å². The summed E-state index contributed by atoms with van der Waals surface area (Å²) in [7, 11) is 0. The third-order valence-electron chi connectivity index (χ3n) is 2.95. The fourth-order valence-electron chi connectivity index (χ4n) is 1.79. The van der Waals surface area contributed by atoms with Gasteiger partial charge < -0.3 is 10.1 Å². The second-order valence-electron chi connectivity index (χ2n) is 6.19. The van der Waals surface area contributed by atoms with Crippen LogP contribution < -0.4 is 10.1 Å². The average molecular weight is 249 g/mol. The molecule has 0 radical (unpaired) electrons. The van der Waals surface area contributed by atoms with Gasteiger partial charge in [-0.2, -0.15) is 0 Å². The molecule has 18 heavy (non-hydrogen) atoms. The summed E-state index contributed by atoms with van der Waals surface area (Å²) in [6, 6.07) is 6.99. The zero-order valence-corrected chi connectivity index (χ0v) is 12.6. The fourth-order valence-corrected chi connectivity index (χ4v) is 1.79. The van der Waals surface area contributed by atoms with Gasteiger partial charge in [0, 0.05) is 12.6 Å². The molecule has 0 saturated heterocycles. The van der Waals surface area contributed by atoms with Crippen LogP contribution in [0.2, 0.25) is 0 Å². The molecule has 0 amide bonds. The largest absolute Gasteiger partial charge is 0.492 e. The molecule has 1 N–H and O–H groups in total. The molecule has 0 heterocycles. The van der Waals surface area contributed by atoms with Gasteiger partial charge in [0.2, 0.25) is 0 Å². The molecule has 0 unspecified atom stereocenters. The Morgan fingerprint density at radius 2 is 1.89 bits per heavy atom. The standard InChI is InChI=1S/C16H27NO/c1-12(2)17-9-10-18-15-8-7-14(11-13(15)3)16(4,5)6/h7-8,11-12,17H,9-10H2,1-6H3. The first-order valence-electron chi connectivity index (χ1n) is 6.78. The van der Waals surface area contributed by atoms with Crippen molar-refractivity contribution in [2.24, 2.45) is 0 Å². The van der Waals surface area contributed by atoms with Crippen LogP contribution in [0.15, 0.2) is 18.2 Å². The van der Waals surface area contributed by atoms with E-state index in [0.717, 1.165) is 12.3 Å². The second kappa shape index (κ2) is 6.24. The highest BCUT2D eigenvalue weighted by Gasteiger charge is 2.14. The third-order valence-corrected chi connectivity index (χ3v) is 2.95. The molecular weight excluding hydrogens is 222 g/mol. The summed E-state index contributed by atoms with van der Waals surface area (Å²) in [6.07, 6.45) is 0. The normalized spacial score (nSPS) is 11.9. The van der Waals surface area contributed by atoms with Gasteiger partial charge in [-0.15, -0.1) is 0 Å². The topological polar surface area (TPSA) is 21.3 Å². The van der Waals surface area contributed by atoms with Gasteiger partial charge >= 0.3 is 0 Å². The molecule has 0 aliphatic heterocycles. The van der Waals surface area contributed by atoms with Crippen LogP contribution in [0.4, 0.5) is 0 Å². The SMILES string of the molecule is Cc1cc(C(C)(C)C)ccc1OCCNC(C)C. The minimum atomic E-state index is 0.197. The van der Waals surface area contributed by atoms with Gasteiger partial charge in [-0.1, -0.05) is 46.8 Å². The Bertz CT molecular complexity index is 377. The molecule has 0 fully saturated rings. The highest BCUT2D eigenvalue weighted by Crippen LogP contribution is 2.27. The maximum absolute atomic E-state index is 5.79. The molecule has 0 aliphatic rings. The van der Waals surface area contributed by atoms with Crippen molar-refractivity contribution in [2.75, 3.05) is 13.2 Å². The molecule has 0 bridgehead atoms. The molecule has 0 saturated carbocycles. The minimum absolute atomic E-state index is 0.197. The first-order valence-corrected chi connectivity index (χ1v) is 6.78. The van der Waals surface area contributed by atoms with E-state index in [0.29, 0.717) is 12.6 Å². The number of nitrogens with one attached hydrogen (secondary N) is 1. The zero-order chi connectivity index (χ0) is 13.8. The van der Waals surface area contributed by atoms with Gasteiger partial charge in [0.15, 0.2) is 0 Å². The van der Waals surface area contributed by atoms with Gasteiger partial charge in [0.25, 0.3) is 0 Å². The summed E-state index contributed by atoms with van der Waals surface area (Å²) in [5.74, 6) is 0.994. The van der Waals surface area contributed by atoms with Crippen molar-refractivity contribution in [1.29, 1.82) is 0 Å². The lowest BCUT2D eigenvalue weighted by Crippen LogP contribution is -2.27. The number of benzene rings is 1. The maximum atomic E-state index is 5.79. The van der Waals surface area contributed by atoms with Crippen LogP contribution in [-0.4, -0.2) is 19.2 Å². The number of ether oxygens (including phenoxy) is 1. The lowest BCUT2D eigenvalue weighted by molar-refractivity contribution is 0.307. The first kappa shape index (κ1) is 15.0. The molecule has 102 valence electrons. The van der Waals surface area contributed by atoms with Gasteiger partial charge in [-0.05, 0) is 29.5 Å². The van der Waals surface area contributed by atoms with Gasteiger partial charge in [-0.3, -0.25) is 0 Å². The lowest BCUT2D eigenvalue weighted by Gasteiger charge is -2.20. The Balaban J connectivity index is 2.58. The maximum Gasteiger partial charge on any atom is 0.122 e. The average Bonchev–Trinajstić information content (AvgIpc) is 2.24. The van der Waals surface area contributed by atoms with Gasteiger partial charge in [-0.25, -0.2) is 0 Å². The van der Waals surface area contributed by atoms with Crippen LogP contribution in [0.25, 0.3) is 0 Å². The molecule has 0 aromatic heterocycles. The van der Waals surface area contributed by atoms with Crippen LogP contribution in [0.1, 0.15) is 45.7 Å². The fraction of sp³-hybridized carbons (Fsp3) is 0.625. The van der Waals surface area contributed by atoms with E-state index in [9.17, 15) is 0 Å². The summed E-state index contributed by atoms with van der Waals surface area (Å²) in [5, 5.41) is 3.35. The number of rotatable bonds is 5. The number of hydrogen-bond donors (Lipinski definition) is 1. The van der Waals surface area contributed by atoms with Crippen molar-refractivity contribution in [1.82, 2.24) is 5.32 Å². The van der Waals surface area contributed by atoms with Crippen LogP contribution in [0.5, 0.6) is 5.75 Å². The van der Waals surface area contributed by atoms with E-state index in [1.165, 1.54) is 11.1 Å². The van der Waals surface area contributed by atoms with E-state index in [1.54, 1.807) is 0 Å². The van der Waals surface area contributed by atoms with E-state index >= 15 is 0 Å². The Labute approximate surface area is 112 Å². The molecule has 2 heteroatoms. The monoisotopic (exact) mass is 249 g/mol. The zero-order valence-electron chi connectivity index (χ0n) is 12.6. The molecule has 2 nitrogen and oxygen atoms in total. The van der Waals surface area contributed by atoms with E-state index in [1.807, 2.05) is 0 Å². The van der Waals surface area contributed by atoms with Crippen molar-refractivity contribution < 1.29 is 4.74 Å². The molecule has 0 aliphatic carbocycles. The molecule has 0 atom stereocenters. The number of hydrogen-bond acceptors (Lipinski definition) is 2. The Kier molecular flexibility index (Phi) is 5.21. The van der Waals surface area contributed by atoms with Crippen LogP contribution in [0, 0.1) is 6.92 Å². The summed E-state index contributed by atoms with van der Waals surface area (Å²) in [6.45, 7) is 14.7. The smallest absolute Gasteiger partial charge is 0.122 e. The van der Waals surface area contributed by atoms with Crippen molar-refractivity contribution in [3.05, 3.63) is 29.3 Å². The summed E-state index contributed by atoms with van der Waals surface area (Å²) in [4.78, 5) is 0. The highest BCUT2D eigenvalue weighted by molar-refractivity contribution is 5.38. The Morgan fingerprint density at radius 1 is 1.22 bits per heavy atom. The molecule has 1 aromatic carbocycles. The second-order valence-corrected chi connectivity index (χ2v) is 6.19. The lowest BCUT2D eigenvalue weighted by atomic mass is 9.86. The summed E-state index contributed by atoms with van der Waals surface area (Å²) >= 11 is 0. The number of aryl methyl sites for hydroxylation is 1. The van der Waals surface area contributed by atoms with Crippen molar-refractivity contribution in [2.45, 2.75) is 53.0 Å². The van der Waals surface area contributed by atoms with Crippen molar-refractivity contribution in [3.63, 3.8) is 0 Å². The first-order chi connectivity index (χ1) is 8.30. The van der Waals surface area contributed by atoms with Gasteiger partial charge in [0.05, 0.1) is 0 Å². The predicted molar refractivity (Wildman–Crippen MR) is 78.5 cm³/mol. The summed E-state index contributed by atoms with van der Waals surface area (Å²) in [5.41, 5.74) is 2.77. The molecule has 1 rings (SSSR count). The van der Waals surface area contributed by atoms with Crippen LogP contribution in [-0.2, 0) is 5.41 Å². The van der Waals surface area contributed by atoms with Crippen LogP contribution >= 0.6 is 0 Å². The Hall–Kier alpha value is -1.02. The predicted octanol–water partition coefficient (Wildman–Crippen LogP) is 3.67.